The van der Waals surface area contributed by atoms with Crippen LogP contribution in [0.3, 0.4) is 0 Å². The molecule has 0 unspecified atom stereocenters. The SMILES string of the molecule is C[C@@H]1CO[C@]2(C[C@@H]1O[C@@H]1O[C@H](CO)[C@@H](O)[C@H](O)[C@H]1O)O[C@H]1C[C@H]3[C@@H]4C[C@@H](O)[C@]56C[C@H]5C[C@@H](O[C@@H]5O[C@H](CO)[C@@H](O)[C@H](O)[C@H]5O)[C@]6(C)[C@H]4CC[C@]3(C)[C@H]1[C@@H]2C. The van der Waals surface area contributed by atoms with Gasteiger partial charge in [-0.05, 0) is 73.5 Å². The van der Waals surface area contributed by atoms with Crippen molar-refractivity contribution in [1.29, 1.82) is 0 Å². The van der Waals surface area contributed by atoms with Crippen molar-refractivity contribution < 1.29 is 74.4 Å². The van der Waals surface area contributed by atoms with Crippen LogP contribution < -0.4 is 0 Å². The van der Waals surface area contributed by atoms with Crippen LogP contribution >= 0.6 is 0 Å². The zero-order valence-corrected chi connectivity index (χ0v) is 31.7. The lowest BCUT2D eigenvalue weighted by atomic mass is 9.44. The number of hydrogen-bond donors (Lipinski definition) is 9. The normalized spacial score (nSPS) is 63.2. The van der Waals surface area contributed by atoms with Gasteiger partial charge in [0.25, 0.3) is 0 Å². The summed E-state index contributed by atoms with van der Waals surface area (Å²) >= 11 is 0. The first-order chi connectivity index (χ1) is 25.6. The molecule has 308 valence electrons. The number of aliphatic hydroxyl groups is 9. The Labute approximate surface area is 315 Å². The third kappa shape index (κ3) is 5.14. The standard InChI is InChI=1S/C39H62O15/c1-15-14-49-39(11-22(15)50-34-32(47)30(45)28(43)23(12-40)51-34)16(2)27-21(54-39)9-20-18-8-25(42)38-10-17(38)7-26(37(38,4)19(18)5-6-36(20,27)3)53-35-33(48)31(46)29(44)24(13-41)52-35/h15-35,40-48H,5-14H2,1-4H3/t15-,16+,17-,18-,19+,20+,21+,22+,23-,24-,25-,26-,27+,28-,29-,30+,31+,32-,33-,34-,35+,36+,37+,38+,39-/m1/s1. The number of hydrogen-bond acceptors (Lipinski definition) is 15. The van der Waals surface area contributed by atoms with Crippen molar-refractivity contribution in [3.05, 3.63) is 0 Å². The molecule has 9 fully saturated rings. The molecule has 2 spiro atoms. The molecule has 0 aromatic heterocycles. The van der Waals surface area contributed by atoms with E-state index >= 15 is 0 Å². The van der Waals surface area contributed by atoms with Crippen molar-refractivity contribution >= 4 is 0 Å². The second-order valence-corrected chi connectivity index (χ2v) is 19.3. The van der Waals surface area contributed by atoms with Crippen molar-refractivity contribution in [2.45, 2.75) is 164 Å². The van der Waals surface area contributed by atoms with Crippen LogP contribution in [0.4, 0.5) is 0 Å². The van der Waals surface area contributed by atoms with E-state index < -0.39 is 98.0 Å². The minimum absolute atomic E-state index is 0.000505. The van der Waals surface area contributed by atoms with Crippen molar-refractivity contribution in [3.63, 3.8) is 0 Å². The van der Waals surface area contributed by atoms with Gasteiger partial charge in [0.15, 0.2) is 18.4 Å². The lowest BCUT2D eigenvalue weighted by molar-refractivity contribution is -0.344. The Morgan fingerprint density at radius 1 is 0.722 bits per heavy atom. The molecule has 0 bridgehead atoms. The molecule has 15 nitrogen and oxygen atoms in total. The quantitative estimate of drug-likeness (QED) is 0.157. The van der Waals surface area contributed by atoms with E-state index in [4.69, 9.17) is 28.4 Å². The molecule has 9 N–H and O–H groups in total. The summed E-state index contributed by atoms with van der Waals surface area (Å²) in [6, 6.07) is 0. The summed E-state index contributed by atoms with van der Waals surface area (Å²) in [5.74, 6) is 0.203. The lowest BCUT2D eigenvalue weighted by Crippen LogP contribution is -2.63. The maximum Gasteiger partial charge on any atom is 0.186 e. The number of aliphatic hydroxyl groups excluding tert-OH is 9. The maximum atomic E-state index is 12.1. The molecule has 9 aliphatic rings. The molecule has 5 aliphatic carbocycles. The Hall–Kier alpha value is -0.600. The fraction of sp³-hybridized carbons (Fsp3) is 1.00. The summed E-state index contributed by atoms with van der Waals surface area (Å²) in [6.45, 7) is 8.14. The van der Waals surface area contributed by atoms with Gasteiger partial charge < -0.3 is 74.4 Å². The third-order valence-corrected chi connectivity index (χ3v) is 17.3. The topological polar surface area (TPSA) is 237 Å². The summed E-state index contributed by atoms with van der Waals surface area (Å²) in [7, 11) is 0. The van der Waals surface area contributed by atoms with Crippen LogP contribution in [-0.2, 0) is 28.4 Å². The largest absolute Gasteiger partial charge is 0.394 e. The molecule has 0 aromatic carbocycles. The van der Waals surface area contributed by atoms with Crippen LogP contribution in [0.5, 0.6) is 0 Å². The van der Waals surface area contributed by atoms with E-state index in [1.807, 2.05) is 6.92 Å². The van der Waals surface area contributed by atoms with Gasteiger partial charge in [-0.2, -0.15) is 0 Å². The molecule has 25 atom stereocenters. The Balaban J connectivity index is 0.933. The molecular formula is C39H62O15. The third-order valence-electron chi connectivity index (χ3n) is 17.3. The monoisotopic (exact) mass is 770 g/mol. The fourth-order valence-corrected chi connectivity index (χ4v) is 14.4. The van der Waals surface area contributed by atoms with Gasteiger partial charge in [-0.3, -0.25) is 0 Å². The Bertz CT molecular complexity index is 1420. The van der Waals surface area contributed by atoms with Gasteiger partial charge in [0.1, 0.15) is 48.8 Å². The highest BCUT2D eigenvalue weighted by molar-refractivity contribution is 5.29. The van der Waals surface area contributed by atoms with Crippen molar-refractivity contribution in [2.24, 2.45) is 57.7 Å². The van der Waals surface area contributed by atoms with Crippen LogP contribution in [0.15, 0.2) is 0 Å². The van der Waals surface area contributed by atoms with E-state index in [0.29, 0.717) is 25.9 Å². The molecule has 4 aliphatic heterocycles. The molecular weight excluding hydrogens is 708 g/mol. The van der Waals surface area contributed by atoms with E-state index in [-0.39, 0.29) is 64.5 Å². The predicted molar refractivity (Wildman–Crippen MR) is 184 cm³/mol. The van der Waals surface area contributed by atoms with Gasteiger partial charge in [-0.15, -0.1) is 0 Å². The zero-order chi connectivity index (χ0) is 38.4. The smallest absolute Gasteiger partial charge is 0.186 e. The van der Waals surface area contributed by atoms with Crippen LogP contribution in [-0.4, -0.2) is 157 Å². The minimum Gasteiger partial charge on any atom is -0.394 e. The second-order valence-electron chi connectivity index (χ2n) is 19.3. The average Bonchev–Trinajstić information content (AvgIpc) is 3.61. The second kappa shape index (κ2) is 13.2. The molecule has 15 heteroatoms. The zero-order valence-electron chi connectivity index (χ0n) is 31.7. The van der Waals surface area contributed by atoms with Crippen molar-refractivity contribution in [3.8, 4) is 0 Å². The van der Waals surface area contributed by atoms with E-state index in [0.717, 1.165) is 25.7 Å². The molecule has 5 saturated carbocycles. The fourth-order valence-electron chi connectivity index (χ4n) is 14.4. The summed E-state index contributed by atoms with van der Waals surface area (Å²) in [5, 5.41) is 94.8. The van der Waals surface area contributed by atoms with Gasteiger partial charge in [0, 0.05) is 29.1 Å². The van der Waals surface area contributed by atoms with Crippen LogP contribution in [0, 0.1) is 57.7 Å². The molecule has 0 aromatic rings. The maximum absolute atomic E-state index is 12.1. The van der Waals surface area contributed by atoms with E-state index in [2.05, 4.69) is 20.8 Å². The molecule has 54 heavy (non-hydrogen) atoms. The van der Waals surface area contributed by atoms with Crippen molar-refractivity contribution in [2.75, 3.05) is 19.8 Å². The minimum atomic E-state index is -1.53. The highest BCUT2D eigenvalue weighted by Gasteiger charge is 2.81. The van der Waals surface area contributed by atoms with Crippen LogP contribution in [0.25, 0.3) is 0 Å². The van der Waals surface area contributed by atoms with Gasteiger partial charge in [0.05, 0.1) is 44.2 Å². The first-order valence-electron chi connectivity index (χ1n) is 20.5. The Kier molecular flexibility index (Phi) is 9.51. The molecule has 4 heterocycles. The molecule has 4 saturated heterocycles. The van der Waals surface area contributed by atoms with E-state index in [9.17, 15) is 46.0 Å². The lowest BCUT2D eigenvalue weighted by Gasteiger charge is -2.62. The van der Waals surface area contributed by atoms with Crippen molar-refractivity contribution in [1.82, 2.24) is 0 Å². The average molecular weight is 771 g/mol. The number of ether oxygens (including phenoxy) is 6. The molecule has 9 rings (SSSR count). The highest BCUT2D eigenvalue weighted by Crippen LogP contribution is 2.82. The summed E-state index contributed by atoms with van der Waals surface area (Å²) < 4.78 is 38.1. The molecule has 0 amide bonds. The van der Waals surface area contributed by atoms with Crippen LogP contribution in [0.2, 0.25) is 0 Å². The summed E-state index contributed by atoms with van der Waals surface area (Å²) in [5.41, 5.74) is -0.792. The number of rotatable bonds is 6. The number of fused-ring (bicyclic) bond motifs is 6. The summed E-state index contributed by atoms with van der Waals surface area (Å²) in [6.07, 6.45) is -9.44. The van der Waals surface area contributed by atoms with Gasteiger partial charge in [-0.1, -0.05) is 27.7 Å². The van der Waals surface area contributed by atoms with Gasteiger partial charge >= 0.3 is 0 Å². The van der Waals surface area contributed by atoms with Crippen LogP contribution in [0.1, 0.15) is 72.6 Å². The van der Waals surface area contributed by atoms with E-state index in [1.54, 1.807) is 0 Å². The highest BCUT2D eigenvalue weighted by atomic mass is 16.7. The van der Waals surface area contributed by atoms with E-state index in [1.165, 1.54) is 0 Å². The first-order valence-corrected chi connectivity index (χ1v) is 20.5. The molecule has 0 radical (unpaired) electrons. The summed E-state index contributed by atoms with van der Waals surface area (Å²) in [4.78, 5) is 0. The first kappa shape index (κ1) is 38.9. The Morgan fingerprint density at radius 2 is 1.35 bits per heavy atom. The Morgan fingerprint density at radius 3 is 1.98 bits per heavy atom. The predicted octanol–water partition coefficient (Wildman–Crippen LogP) is -1.01. The van der Waals surface area contributed by atoms with Gasteiger partial charge in [-0.25, -0.2) is 0 Å². The van der Waals surface area contributed by atoms with Gasteiger partial charge in [0.2, 0.25) is 0 Å².